The maximum absolute atomic E-state index is 6.13. The quantitative estimate of drug-likeness (QED) is 0.908. The van der Waals surface area contributed by atoms with Crippen LogP contribution in [0.2, 0.25) is 0 Å². The van der Waals surface area contributed by atoms with Crippen molar-refractivity contribution in [2.24, 2.45) is 11.7 Å². The highest BCUT2D eigenvalue weighted by Gasteiger charge is 2.11. The van der Waals surface area contributed by atoms with E-state index in [1.807, 2.05) is 0 Å². The Labute approximate surface area is 115 Å². The Kier molecular flexibility index (Phi) is 4.07. The van der Waals surface area contributed by atoms with Gasteiger partial charge in [-0.1, -0.05) is 13.8 Å². The summed E-state index contributed by atoms with van der Waals surface area (Å²) in [6.45, 7) is 5.22. The molecule has 2 aromatic rings. The van der Waals surface area contributed by atoms with Crippen molar-refractivity contribution in [1.29, 1.82) is 0 Å². The normalized spacial score (nSPS) is 13.2. The largest absolute Gasteiger partial charge is 0.349 e. The maximum Gasteiger partial charge on any atom is 0.0564 e. The molecule has 0 aliphatic rings. The predicted octanol–water partition coefficient (Wildman–Crippen LogP) is 4.02. The fraction of sp³-hybridized carbons (Fsp3) is 0.385. The molecule has 17 heavy (non-hydrogen) atoms. The van der Waals surface area contributed by atoms with Gasteiger partial charge in [-0.3, -0.25) is 0 Å². The SMILES string of the molecule is CC(C)C(N)c1ccn(Cc2cc(Br)cs2)c1. The summed E-state index contributed by atoms with van der Waals surface area (Å²) in [4.78, 5) is 1.34. The zero-order valence-corrected chi connectivity index (χ0v) is 12.5. The summed E-state index contributed by atoms with van der Waals surface area (Å²) in [5.74, 6) is 0.474. The predicted molar refractivity (Wildman–Crippen MR) is 77.3 cm³/mol. The third-order valence-corrected chi connectivity index (χ3v) is 4.52. The van der Waals surface area contributed by atoms with E-state index in [9.17, 15) is 0 Å². The first-order chi connectivity index (χ1) is 8.06. The van der Waals surface area contributed by atoms with Crippen molar-refractivity contribution in [2.75, 3.05) is 0 Å². The Balaban J connectivity index is 2.08. The van der Waals surface area contributed by atoms with Gasteiger partial charge in [-0.05, 0) is 39.5 Å². The van der Waals surface area contributed by atoms with E-state index in [0.717, 1.165) is 11.0 Å². The van der Waals surface area contributed by atoms with E-state index in [1.54, 1.807) is 11.3 Å². The smallest absolute Gasteiger partial charge is 0.0564 e. The van der Waals surface area contributed by atoms with Crippen LogP contribution < -0.4 is 5.73 Å². The van der Waals surface area contributed by atoms with Crippen LogP contribution in [0.3, 0.4) is 0 Å². The number of hydrogen-bond donors (Lipinski definition) is 1. The minimum Gasteiger partial charge on any atom is -0.349 e. The third-order valence-electron chi connectivity index (χ3n) is 2.84. The minimum absolute atomic E-state index is 0.131. The molecule has 2 N–H and O–H groups in total. The van der Waals surface area contributed by atoms with E-state index in [1.165, 1.54) is 10.4 Å². The highest BCUT2D eigenvalue weighted by molar-refractivity contribution is 9.10. The second-order valence-corrected chi connectivity index (χ2v) is 6.53. The molecular weight excluding hydrogens is 296 g/mol. The summed E-state index contributed by atoms with van der Waals surface area (Å²) >= 11 is 5.24. The van der Waals surface area contributed by atoms with E-state index >= 15 is 0 Å². The number of rotatable bonds is 4. The molecule has 1 unspecified atom stereocenters. The van der Waals surface area contributed by atoms with Crippen LogP contribution in [0.15, 0.2) is 34.4 Å². The topological polar surface area (TPSA) is 30.9 Å². The molecule has 2 nitrogen and oxygen atoms in total. The van der Waals surface area contributed by atoms with Gasteiger partial charge in [0, 0.05) is 33.2 Å². The molecule has 2 rings (SSSR count). The van der Waals surface area contributed by atoms with Crippen molar-refractivity contribution in [3.63, 3.8) is 0 Å². The second-order valence-electron chi connectivity index (χ2n) is 4.62. The molecular formula is C13H17BrN2S. The molecule has 0 aliphatic carbocycles. The molecule has 0 amide bonds. The second kappa shape index (κ2) is 5.38. The summed E-state index contributed by atoms with van der Waals surface area (Å²) in [5, 5.41) is 2.11. The first-order valence-corrected chi connectivity index (χ1v) is 7.37. The van der Waals surface area contributed by atoms with Crippen LogP contribution in [0.5, 0.6) is 0 Å². The van der Waals surface area contributed by atoms with Gasteiger partial charge in [-0.15, -0.1) is 11.3 Å². The molecule has 92 valence electrons. The zero-order chi connectivity index (χ0) is 12.4. The minimum atomic E-state index is 0.131. The average molecular weight is 313 g/mol. The van der Waals surface area contributed by atoms with Crippen LogP contribution in [-0.2, 0) is 6.54 Å². The number of aromatic nitrogens is 1. The highest BCUT2D eigenvalue weighted by atomic mass is 79.9. The molecule has 0 fully saturated rings. The van der Waals surface area contributed by atoms with Gasteiger partial charge in [0.15, 0.2) is 0 Å². The van der Waals surface area contributed by atoms with Crippen molar-refractivity contribution >= 4 is 27.3 Å². The Morgan fingerprint density at radius 2 is 2.24 bits per heavy atom. The maximum atomic E-state index is 6.13. The van der Waals surface area contributed by atoms with Crippen molar-refractivity contribution in [3.05, 3.63) is 44.8 Å². The molecule has 0 radical (unpaired) electrons. The molecule has 0 bridgehead atoms. The standard InChI is InChI=1S/C13H17BrN2S/c1-9(2)13(15)10-3-4-16(6-10)7-12-5-11(14)8-17-12/h3-6,8-9,13H,7,15H2,1-2H3. The molecule has 2 heterocycles. The molecule has 1 atom stereocenters. The molecule has 4 heteroatoms. The van der Waals surface area contributed by atoms with Crippen molar-refractivity contribution in [2.45, 2.75) is 26.4 Å². The van der Waals surface area contributed by atoms with Crippen molar-refractivity contribution in [1.82, 2.24) is 4.57 Å². The van der Waals surface area contributed by atoms with E-state index in [0.29, 0.717) is 5.92 Å². The molecule has 0 aromatic carbocycles. The summed E-state index contributed by atoms with van der Waals surface area (Å²) in [6.07, 6.45) is 4.25. The third kappa shape index (κ3) is 3.21. The molecule has 0 aliphatic heterocycles. The van der Waals surface area contributed by atoms with Gasteiger partial charge in [0.2, 0.25) is 0 Å². The van der Waals surface area contributed by atoms with Gasteiger partial charge in [0.1, 0.15) is 0 Å². The fourth-order valence-corrected chi connectivity index (χ4v) is 3.22. The van der Waals surface area contributed by atoms with E-state index in [-0.39, 0.29) is 6.04 Å². The lowest BCUT2D eigenvalue weighted by Gasteiger charge is -2.13. The van der Waals surface area contributed by atoms with Crippen LogP contribution in [-0.4, -0.2) is 4.57 Å². The number of nitrogens with two attached hydrogens (primary N) is 1. The van der Waals surface area contributed by atoms with Crippen LogP contribution in [0.4, 0.5) is 0 Å². The lowest BCUT2D eigenvalue weighted by Crippen LogP contribution is -2.15. The average Bonchev–Trinajstić information content (AvgIpc) is 2.87. The molecule has 2 aromatic heterocycles. The number of nitrogens with zero attached hydrogens (tertiary/aromatic N) is 1. The van der Waals surface area contributed by atoms with Crippen molar-refractivity contribution in [3.8, 4) is 0 Å². The van der Waals surface area contributed by atoms with Gasteiger partial charge >= 0.3 is 0 Å². The first kappa shape index (κ1) is 12.9. The Bertz CT molecular complexity index is 487. The van der Waals surface area contributed by atoms with Crippen LogP contribution in [0.25, 0.3) is 0 Å². The number of halogens is 1. The van der Waals surface area contributed by atoms with Gasteiger partial charge in [0.25, 0.3) is 0 Å². The highest BCUT2D eigenvalue weighted by Crippen LogP contribution is 2.22. The Hall–Kier alpha value is -0.580. The van der Waals surface area contributed by atoms with Gasteiger partial charge in [-0.2, -0.15) is 0 Å². The monoisotopic (exact) mass is 312 g/mol. The lowest BCUT2D eigenvalue weighted by atomic mass is 10.00. The fourth-order valence-electron chi connectivity index (χ4n) is 1.76. The van der Waals surface area contributed by atoms with Gasteiger partial charge in [0.05, 0.1) is 6.54 Å². The van der Waals surface area contributed by atoms with E-state index in [2.05, 4.69) is 64.3 Å². The zero-order valence-electron chi connectivity index (χ0n) is 10.1. The van der Waals surface area contributed by atoms with Crippen LogP contribution >= 0.6 is 27.3 Å². The van der Waals surface area contributed by atoms with Crippen molar-refractivity contribution < 1.29 is 0 Å². The van der Waals surface area contributed by atoms with Crippen LogP contribution in [0.1, 0.15) is 30.3 Å². The summed E-state index contributed by atoms with van der Waals surface area (Å²) in [5.41, 5.74) is 7.35. The first-order valence-electron chi connectivity index (χ1n) is 5.70. The Morgan fingerprint density at radius 1 is 1.47 bits per heavy atom. The molecule has 0 spiro atoms. The number of hydrogen-bond acceptors (Lipinski definition) is 2. The van der Waals surface area contributed by atoms with Gasteiger partial charge in [-0.25, -0.2) is 0 Å². The molecule has 0 saturated heterocycles. The summed E-state index contributed by atoms with van der Waals surface area (Å²) in [6, 6.07) is 4.41. The lowest BCUT2D eigenvalue weighted by molar-refractivity contribution is 0.513. The van der Waals surface area contributed by atoms with E-state index in [4.69, 9.17) is 5.73 Å². The Morgan fingerprint density at radius 3 is 2.82 bits per heavy atom. The van der Waals surface area contributed by atoms with Crippen LogP contribution in [0, 0.1) is 5.92 Å². The molecule has 0 saturated carbocycles. The summed E-state index contributed by atoms with van der Waals surface area (Å²) < 4.78 is 3.35. The number of thiophene rings is 1. The van der Waals surface area contributed by atoms with Gasteiger partial charge < -0.3 is 10.3 Å². The summed E-state index contributed by atoms with van der Waals surface area (Å²) in [7, 11) is 0. The van der Waals surface area contributed by atoms with E-state index < -0.39 is 0 Å².